The van der Waals surface area contributed by atoms with Crippen LogP contribution in [-0.2, 0) is 10.1 Å². The molecule has 1 aromatic rings. The smallest absolute Gasteiger partial charge is 0.298 e. The van der Waals surface area contributed by atoms with Gasteiger partial charge in [-0.05, 0) is 52.7 Å². The van der Waals surface area contributed by atoms with E-state index in [-0.39, 0.29) is 34.5 Å². The van der Waals surface area contributed by atoms with Gasteiger partial charge in [-0.2, -0.15) is 8.42 Å². The van der Waals surface area contributed by atoms with Gasteiger partial charge in [-0.15, -0.1) is 0 Å². The first-order valence-corrected chi connectivity index (χ1v) is 9.15. The third kappa shape index (κ3) is 5.17. The summed E-state index contributed by atoms with van der Waals surface area (Å²) in [5.74, 6) is 0.148. The van der Waals surface area contributed by atoms with Crippen LogP contribution >= 0.6 is 0 Å². The number of piperidine rings is 1. The minimum absolute atomic E-state index is 0.0196. The fraction of sp³-hybridized carbons (Fsp3) is 0.625. The van der Waals surface area contributed by atoms with Crippen LogP contribution < -0.4 is 15.4 Å². The Hall–Kier alpha value is -1.15. The minimum atomic E-state index is -4.29. The number of hydrogen-bond donors (Lipinski definition) is 3. The van der Waals surface area contributed by atoms with E-state index in [0.29, 0.717) is 0 Å². The van der Waals surface area contributed by atoms with Crippen LogP contribution in [0.3, 0.4) is 0 Å². The molecule has 0 unspecified atom stereocenters. The molecular formula is C16H26N2O4S. The van der Waals surface area contributed by atoms with Crippen molar-refractivity contribution in [1.82, 2.24) is 10.6 Å². The molecule has 0 amide bonds. The molecule has 23 heavy (non-hydrogen) atoms. The zero-order chi connectivity index (χ0) is 17.3. The van der Waals surface area contributed by atoms with Gasteiger partial charge < -0.3 is 10.1 Å². The van der Waals surface area contributed by atoms with Crippen LogP contribution in [0.4, 0.5) is 0 Å². The Morgan fingerprint density at radius 1 is 1.22 bits per heavy atom. The van der Waals surface area contributed by atoms with Gasteiger partial charge in [0.1, 0.15) is 17.4 Å². The number of benzene rings is 1. The van der Waals surface area contributed by atoms with Gasteiger partial charge in [-0.25, -0.2) is 0 Å². The first-order chi connectivity index (χ1) is 10.5. The zero-order valence-electron chi connectivity index (χ0n) is 14.1. The largest absolute Gasteiger partial charge is 0.477 e. The van der Waals surface area contributed by atoms with Crippen molar-refractivity contribution >= 4 is 10.1 Å². The van der Waals surface area contributed by atoms with Crippen LogP contribution in [0.25, 0.3) is 0 Å². The topological polar surface area (TPSA) is 87.7 Å². The van der Waals surface area contributed by atoms with Crippen LogP contribution in [0.5, 0.6) is 5.75 Å². The highest BCUT2D eigenvalue weighted by Crippen LogP contribution is 2.28. The average molecular weight is 342 g/mol. The lowest BCUT2D eigenvalue weighted by Gasteiger charge is -2.46. The second-order valence-electron chi connectivity index (χ2n) is 7.41. The number of rotatable bonds is 5. The lowest BCUT2D eigenvalue weighted by atomic mass is 9.80. The Kier molecular flexibility index (Phi) is 5.06. The summed E-state index contributed by atoms with van der Waals surface area (Å²) in [6.07, 6.45) is 1.89. The van der Waals surface area contributed by atoms with Crippen LogP contribution in [0.1, 0.15) is 40.5 Å². The van der Waals surface area contributed by atoms with Crippen LogP contribution in [-0.4, -0.2) is 36.8 Å². The Bertz CT molecular complexity index is 640. The van der Waals surface area contributed by atoms with E-state index in [1.807, 2.05) is 0 Å². The number of hydrogen-bond acceptors (Lipinski definition) is 5. The second-order valence-corrected chi connectivity index (χ2v) is 8.80. The first kappa shape index (κ1) is 18.2. The van der Waals surface area contributed by atoms with Gasteiger partial charge in [0.05, 0.1) is 0 Å². The molecule has 3 N–H and O–H groups in total. The van der Waals surface area contributed by atoms with E-state index in [2.05, 4.69) is 38.3 Å². The summed E-state index contributed by atoms with van der Waals surface area (Å²) in [7, 11) is -4.29. The zero-order valence-corrected chi connectivity index (χ0v) is 14.9. The standard InChI is InChI=1S/C16H26N2O4S/c1-15(2)9-12(10-16(3,4)18-15)17-11-22-13-7-5-6-8-14(13)23(19,20)21/h5-8,12,17-18H,9-11H2,1-4H3,(H,19,20,21). The third-order valence-electron chi connectivity index (χ3n) is 3.92. The summed E-state index contributed by atoms with van der Waals surface area (Å²) < 4.78 is 37.4. The van der Waals surface area contributed by atoms with Crippen molar-refractivity contribution in [2.24, 2.45) is 0 Å². The highest BCUT2D eigenvalue weighted by Gasteiger charge is 2.37. The molecule has 1 aromatic carbocycles. The Balaban J connectivity index is 1.98. The van der Waals surface area contributed by atoms with E-state index < -0.39 is 10.1 Å². The first-order valence-electron chi connectivity index (χ1n) is 7.71. The fourth-order valence-electron chi connectivity index (χ4n) is 3.49. The van der Waals surface area contributed by atoms with Crippen molar-refractivity contribution < 1.29 is 17.7 Å². The summed E-state index contributed by atoms with van der Waals surface area (Å²) in [5.41, 5.74) is 0.0392. The van der Waals surface area contributed by atoms with Crippen molar-refractivity contribution in [3.63, 3.8) is 0 Å². The molecule has 1 aliphatic rings. The predicted molar refractivity (Wildman–Crippen MR) is 89.2 cm³/mol. The molecule has 1 saturated heterocycles. The SMILES string of the molecule is CC1(C)CC(NCOc2ccccc2S(=O)(=O)O)CC(C)(C)N1. The molecular weight excluding hydrogens is 316 g/mol. The average Bonchev–Trinajstić information content (AvgIpc) is 2.34. The number of nitrogens with one attached hydrogen (secondary N) is 2. The highest BCUT2D eigenvalue weighted by molar-refractivity contribution is 7.86. The Morgan fingerprint density at radius 2 is 1.78 bits per heavy atom. The van der Waals surface area contributed by atoms with E-state index in [9.17, 15) is 13.0 Å². The maximum atomic E-state index is 11.3. The van der Waals surface area contributed by atoms with Crippen molar-refractivity contribution in [2.45, 2.75) is 62.6 Å². The molecule has 0 radical (unpaired) electrons. The monoisotopic (exact) mass is 342 g/mol. The Morgan fingerprint density at radius 3 is 2.35 bits per heavy atom. The molecule has 1 heterocycles. The van der Waals surface area contributed by atoms with Gasteiger partial charge in [0.15, 0.2) is 0 Å². The summed E-state index contributed by atoms with van der Waals surface area (Å²) >= 11 is 0. The van der Waals surface area contributed by atoms with Crippen molar-refractivity contribution in [3.8, 4) is 5.75 Å². The second kappa shape index (κ2) is 6.39. The summed E-state index contributed by atoms with van der Waals surface area (Å²) in [5, 5.41) is 6.93. The normalized spacial score (nSPS) is 21.1. The van der Waals surface area contributed by atoms with Crippen LogP contribution in [0.2, 0.25) is 0 Å². The van der Waals surface area contributed by atoms with Crippen molar-refractivity contribution in [2.75, 3.05) is 6.73 Å². The van der Waals surface area contributed by atoms with E-state index in [0.717, 1.165) is 12.8 Å². The summed E-state index contributed by atoms with van der Waals surface area (Å²) in [4.78, 5) is -0.215. The predicted octanol–water partition coefficient (Wildman–Crippen LogP) is 2.17. The molecule has 130 valence electrons. The molecule has 0 bridgehead atoms. The van der Waals surface area contributed by atoms with Gasteiger partial charge in [-0.1, -0.05) is 12.1 Å². The van der Waals surface area contributed by atoms with Gasteiger partial charge in [0.2, 0.25) is 0 Å². The molecule has 0 spiro atoms. The van der Waals surface area contributed by atoms with Crippen molar-refractivity contribution in [3.05, 3.63) is 24.3 Å². The fourth-order valence-corrected chi connectivity index (χ4v) is 4.12. The molecule has 1 aliphatic heterocycles. The molecule has 0 aromatic heterocycles. The molecule has 0 atom stereocenters. The van der Waals surface area contributed by atoms with E-state index in [1.165, 1.54) is 12.1 Å². The van der Waals surface area contributed by atoms with Gasteiger partial charge in [-0.3, -0.25) is 9.87 Å². The van der Waals surface area contributed by atoms with E-state index in [1.54, 1.807) is 12.1 Å². The number of ether oxygens (including phenoxy) is 1. The lowest BCUT2D eigenvalue weighted by molar-refractivity contribution is 0.129. The molecule has 6 nitrogen and oxygen atoms in total. The van der Waals surface area contributed by atoms with Crippen LogP contribution in [0.15, 0.2) is 29.2 Å². The maximum Gasteiger partial charge on any atom is 0.298 e. The quantitative estimate of drug-likeness (QED) is 0.561. The van der Waals surface area contributed by atoms with Gasteiger partial charge in [0.25, 0.3) is 10.1 Å². The van der Waals surface area contributed by atoms with Crippen LogP contribution in [0, 0.1) is 0 Å². The van der Waals surface area contributed by atoms with E-state index >= 15 is 0 Å². The number of para-hydroxylation sites is 1. The lowest BCUT2D eigenvalue weighted by Crippen LogP contribution is -2.61. The third-order valence-corrected chi connectivity index (χ3v) is 4.81. The molecule has 1 fully saturated rings. The Labute approximate surface area is 138 Å². The maximum absolute atomic E-state index is 11.3. The van der Waals surface area contributed by atoms with Gasteiger partial charge in [0, 0.05) is 17.1 Å². The van der Waals surface area contributed by atoms with Gasteiger partial charge >= 0.3 is 0 Å². The van der Waals surface area contributed by atoms with E-state index in [4.69, 9.17) is 4.74 Å². The molecule has 2 rings (SSSR count). The summed E-state index contributed by atoms with van der Waals surface area (Å²) in [6, 6.07) is 6.32. The minimum Gasteiger partial charge on any atom is -0.477 e. The molecule has 0 saturated carbocycles. The molecule has 0 aliphatic carbocycles. The molecule has 7 heteroatoms. The highest BCUT2D eigenvalue weighted by atomic mass is 32.2. The van der Waals surface area contributed by atoms with Crippen molar-refractivity contribution in [1.29, 1.82) is 0 Å². The summed E-state index contributed by atoms with van der Waals surface area (Å²) in [6.45, 7) is 8.84.